The van der Waals surface area contributed by atoms with Crippen molar-refractivity contribution < 1.29 is 33.2 Å². The molecule has 0 spiro atoms. The summed E-state index contributed by atoms with van der Waals surface area (Å²) < 4.78 is 31.7. The highest BCUT2D eigenvalue weighted by molar-refractivity contribution is 6.35. The van der Waals surface area contributed by atoms with Crippen molar-refractivity contribution in [3.8, 4) is 23.0 Å². The van der Waals surface area contributed by atoms with Crippen molar-refractivity contribution >= 4 is 17.9 Å². The van der Waals surface area contributed by atoms with Gasteiger partial charge in [-0.15, -0.1) is 0 Å². The number of ether oxygens (including phenoxy) is 6. The molecule has 1 aromatic rings. The predicted octanol–water partition coefficient (Wildman–Crippen LogP) is 2.22. The number of methoxy groups -OCH3 is 4. The number of carbonyl (C=O) groups is 1. The van der Waals surface area contributed by atoms with Crippen LogP contribution in [0.1, 0.15) is 10.4 Å². The van der Waals surface area contributed by atoms with Gasteiger partial charge in [-0.25, -0.2) is 0 Å². The van der Waals surface area contributed by atoms with Gasteiger partial charge in [0.15, 0.2) is 17.8 Å². The van der Waals surface area contributed by atoms with Crippen LogP contribution in [-0.4, -0.2) is 61.2 Å². The fourth-order valence-electron chi connectivity index (χ4n) is 1.86. The van der Waals surface area contributed by atoms with E-state index < -0.39 is 0 Å². The van der Waals surface area contributed by atoms with Gasteiger partial charge in [0.25, 0.3) is 0 Å². The van der Waals surface area contributed by atoms with Gasteiger partial charge in [0, 0.05) is 14.2 Å². The molecule has 0 saturated heterocycles. The molecular weight excluding hydrogens is 328 g/mol. The maximum Gasteiger partial charge on any atom is 0.209 e. The van der Waals surface area contributed by atoms with Crippen molar-refractivity contribution in [2.45, 2.75) is 0 Å². The molecule has 0 radical (unpaired) electrons. The first-order chi connectivity index (χ1) is 11.2. The topological polar surface area (TPSA) is 72.5 Å². The van der Waals surface area contributed by atoms with Crippen LogP contribution < -0.4 is 18.9 Å². The number of hydrogen-bond acceptors (Lipinski definition) is 7. The second kappa shape index (κ2) is 10.1. The number of carbonyl (C=O) groups excluding carboxylic acids is 1. The third kappa shape index (κ3) is 4.63. The summed E-state index contributed by atoms with van der Waals surface area (Å²) in [4.78, 5) is 11.4. The van der Waals surface area contributed by atoms with Gasteiger partial charge < -0.3 is 28.4 Å². The predicted molar refractivity (Wildman–Crippen MR) is 84.7 cm³/mol. The Labute approximate surface area is 140 Å². The summed E-state index contributed by atoms with van der Waals surface area (Å²) in [6.07, 6.45) is 0.575. The Kier molecular flexibility index (Phi) is 8.53. The molecule has 130 valence electrons. The van der Waals surface area contributed by atoms with Crippen molar-refractivity contribution in [2.75, 3.05) is 54.9 Å². The van der Waals surface area contributed by atoms with Gasteiger partial charge in [-0.1, -0.05) is 11.6 Å². The van der Waals surface area contributed by atoms with Crippen LogP contribution in [0.2, 0.25) is 5.02 Å². The molecule has 8 heteroatoms. The highest BCUT2D eigenvalue weighted by Gasteiger charge is 2.27. The van der Waals surface area contributed by atoms with Crippen LogP contribution in [-0.2, 0) is 9.47 Å². The first kappa shape index (κ1) is 19.3. The average Bonchev–Trinajstić information content (AvgIpc) is 2.56. The SMILES string of the molecule is COCCOc1c(Cl)c(C=O)c(OC)c(OC)c1OCCOC. The number of rotatable bonds is 11. The lowest BCUT2D eigenvalue weighted by atomic mass is 10.1. The summed E-state index contributed by atoms with van der Waals surface area (Å²) in [5, 5.41) is 0.0844. The van der Waals surface area contributed by atoms with E-state index in [1.165, 1.54) is 14.2 Å². The maximum absolute atomic E-state index is 11.4. The summed E-state index contributed by atoms with van der Waals surface area (Å²) in [5.74, 6) is 0.842. The van der Waals surface area contributed by atoms with Crippen molar-refractivity contribution in [2.24, 2.45) is 0 Å². The third-order valence-electron chi connectivity index (χ3n) is 2.89. The molecule has 0 fully saturated rings. The smallest absolute Gasteiger partial charge is 0.209 e. The van der Waals surface area contributed by atoms with Crippen molar-refractivity contribution in [3.05, 3.63) is 10.6 Å². The first-order valence-corrected chi connectivity index (χ1v) is 7.20. The summed E-state index contributed by atoms with van der Waals surface area (Å²) in [5.41, 5.74) is 0.123. The number of aldehydes is 1. The Morgan fingerprint density at radius 1 is 0.783 bits per heavy atom. The molecule has 0 unspecified atom stereocenters. The normalized spacial score (nSPS) is 10.3. The molecule has 7 nitrogen and oxygen atoms in total. The Balaban J connectivity index is 3.38. The molecule has 0 aliphatic carbocycles. The minimum Gasteiger partial charge on any atom is -0.492 e. The quantitative estimate of drug-likeness (QED) is 0.448. The minimum absolute atomic E-state index is 0.0844. The molecule has 0 N–H and O–H groups in total. The van der Waals surface area contributed by atoms with Crippen molar-refractivity contribution in [1.82, 2.24) is 0 Å². The monoisotopic (exact) mass is 348 g/mol. The van der Waals surface area contributed by atoms with Crippen molar-refractivity contribution in [3.63, 3.8) is 0 Å². The Hall–Kier alpha value is -1.70. The molecule has 0 aliphatic rings. The van der Waals surface area contributed by atoms with Gasteiger partial charge >= 0.3 is 0 Å². The van der Waals surface area contributed by atoms with E-state index in [1.807, 2.05) is 0 Å². The van der Waals surface area contributed by atoms with E-state index >= 15 is 0 Å². The van der Waals surface area contributed by atoms with E-state index in [4.69, 9.17) is 40.0 Å². The van der Waals surface area contributed by atoms with Crippen LogP contribution in [0.15, 0.2) is 0 Å². The summed E-state index contributed by atoms with van der Waals surface area (Å²) in [7, 11) is 5.94. The molecule has 0 bridgehead atoms. The lowest BCUT2D eigenvalue weighted by molar-refractivity contribution is 0.111. The lowest BCUT2D eigenvalue weighted by Gasteiger charge is -2.20. The molecule has 0 aliphatic heterocycles. The van der Waals surface area contributed by atoms with Gasteiger partial charge in [0.2, 0.25) is 11.5 Å². The molecule has 0 aromatic heterocycles. The number of halogens is 1. The highest BCUT2D eigenvalue weighted by atomic mass is 35.5. The zero-order valence-electron chi connectivity index (χ0n) is 13.6. The molecule has 0 atom stereocenters. The zero-order valence-corrected chi connectivity index (χ0v) is 14.4. The zero-order chi connectivity index (χ0) is 17.2. The second-order valence-electron chi connectivity index (χ2n) is 4.25. The van der Waals surface area contributed by atoms with Gasteiger partial charge in [0.05, 0.1) is 33.0 Å². The van der Waals surface area contributed by atoms with Crippen LogP contribution in [0.25, 0.3) is 0 Å². The average molecular weight is 349 g/mol. The molecule has 1 rings (SSSR count). The standard InChI is InChI=1S/C15H21ClO7/c1-18-5-7-22-13-11(16)10(9-17)12(20-3)14(21-4)15(13)23-8-6-19-2/h9H,5-8H2,1-4H3. The van der Waals surface area contributed by atoms with Crippen LogP contribution in [0.3, 0.4) is 0 Å². The van der Waals surface area contributed by atoms with Crippen molar-refractivity contribution in [1.29, 1.82) is 0 Å². The molecular formula is C15H21ClO7. The van der Waals surface area contributed by atoms with Crippen LogP contribution in [0.4, 0.5) is 0 Å². The molecule has 0 saturated carbocycles. The minimum atomic E-state index is 0.0844. The summed E-state index contributed by atoms with van der Waals surface area (Å²) in [6, 6.07) is 0. The van der Waals surface area contributed by atoms with Gasteiger partial charge in [-0.3, -0.25) is 4.79 Å². The van der Waals surface area contributed by atoms with E-state index in [0.29, 0.717) is 19.5 Å². The fourth-order valence-corrected chi connectivity index (χ4v) is 2.13. The highest BCUT2D eigenvalue weighted by Crippen LogP contribution is 2.51. The lowest BCUT2D eigenvalue weighted by Crippen LogP contribution is -2.11. The van der Waals surface area contributed by atoms with Crippen LogP contribution in [0.5, 0.6) is 23.0 Å². The number of benzene rings is 1. The molecule has 23 heavy (non-hydrogen) atoms. The van der Waals surface area contributed by atoms with Gasteiger partial charge in [0.1, 0.15) is 18.2 Å². The summed E-state index contributed by atoms with van der Waals surface area (Å²) >= 11 is 6.27. The second-order valence-corrected chi connectivity index (χ2v) is 4.63. The van der Waals surface area contributed by atoms with E-state index in [9.17, 15) is 4.79 Å². The Morgan fingerprint density at radius 3 is 1.74 bits per heavy atom. The third-order valence-corrected chi connectivity index (χ3v) is 3.27. The van der Waals surface area contributed by atoms with E-state index in [1.54, 1.807) is 14.2 Å². The van der Waals surface area contributed by atoms with Gasteiger partial charge in [-0.2, -0.15) is 0 Å². The first-order valence-electron chi connectivity index (χ1n) is 6.82. The van der Waals surface area contributed by atoms with E-state index in [-0.39, 0.29) is 46.8 Å². The van der Waals surface area contributed by atoms with Crippen LogP contribution >= 0.6 is 11.6 Å². The van der Waals surface area contributed by atoms with Gasteiger partial charge in [-0.05, 0) is 0 Å². The maximum atomic E-state index is 11.4. The van der Waals surface area contributed by atoms with E-state index in [2.05, 4.69) is 0 Å². The largest absolute Gasteiger partial charge is 0.492 e. The van der Waals surface area contributed by atoms with E-state index in [0.717, 1.165) is 0 Å². The molecule has 0 amide bonds. The fraction of sp³-hybridized carbons (Fsp3) is 0.533. The number of hydrogen-bond donors (Lipinski definition) is 0. The van der Waals surface area contributed by atoms with Crippen LogP contribution in [0, 0.1) is 0 Å². The molecule has 0 heterocycles. The summed E-state index contributed by atoms with van der Waals surface area (Å²) in [6.45, 7) is 1.17. The Bertz CT molecular complexity index is 519. The Morgan fingerprint density at radius 2 is 1.30 bits per heavy atom. The molecule has 1 aromatic carbocycles.